The van der Waals surface area contributed by atoms with Gasteiger partial charge in [-0.15, -0.1) is 34.8 Å². The molecule has 0 spiro atoms. The molecule has 136 valence electrons. The molecule has 0 bridgehead atoms. The average Bonchev–Trinajstić information content (AvgIpc) is 2.80. The second-order valence-electron chi connectivity index (χ2n) is 5.46. The van der Waals surface area contributed by atoms with Crippen LogP contribution in [0.4, 0.5) is 0 Å². The Hall–Kier alpha value is 0.550. The van der Waals surface area contributed by atoms with Crippen LogP contribution in [0.3, 0.4) is 0 Å². The van der Waals surface area contributed by atoms with Crippen molar-refractivity contribution in [1.82, 2.24) is 0 Å². The topological polar surface area (TPSA) is 129 Å². The van der Waals surface area contributed by atoms with Gasteiger partial charge in [-0.1, -0.05) is 0 Å². The van der Waals surface area contributed by atoms with E-state index in [0.717, 1.165) is 0 Å². The van der Waals surface area contributed by atoms with Crippen molar-refractivity contribution in [2.45, 2.75) is 54.1 Å². The molecule has 23 heavy (non-hydrogen) atoms. The lowest BCUT2D eigenvalue weighted by atomic mass is 10.0. The maximum atomic E-state index is 10.1. The molecule has 2 rings (SSSR count). The second kappa shape index (κ2) is 7.84. The van der Waals surface area contributed by atoms with Gasteiger partial charge in [-0.25, -0.2) is 0 Å². The SMILES string of the molecule is OC[C@H]1OC(OC2(CCl)O[C@H](CCl)[C@@H](O)[C@@H]2O)[C@H](O)[C@@H](O)[C@H]1Cl. The molecule has 2 aliphatic heterocycles. The molecular formula is C12H19Cl3O8. The molecule has 2 saturated heterocycles. The van der Waals surface area contributed by atoms with Crippen LogP contribution in [0.15, 0.2) is 0 Å². The number of rotatable bonds is 5. The van der Waals surface area contributed by atoms with Crippen LogP contribution in [-0.2, 0) is 14.2 Å². The van der Waals surface area contributed by atoms with Crippen LogP contribution in [0.5, 0.6) is 0 Å². The number of ether oxygens (including phenoxy) is 3. The van der Waals surface area contributed by atoms with Gasteiger partial charge in [-0.3, -0.25) is 0 Å². The minimum absolute atomic E-state index is 0.125. The highest BCUT2D eigenvalue weighted by Crippen LogP contribution is 2.37. The summed E-state index contributed by atoms with van der Waals surface area (Å²) >= 11 is 17.3. The van der Waals surface area contributed by atoms with Crippen molar-refractivity contribution in [2.75, 3.05) is 18.4 Å². The fraction of sp³-hybridized carbons (Fsp3) is 1.00. The van der Waals surface area contributed by atoms with Gasteiger partial charge in [0.2, 0.25) is 5.79 Å². The Labute approximate surface area is 147 Å². The summed E-state index contributed by atoms with van der Waals surface area (Å²) in [5.41, 5.74) is 0. The molecule has 0 aromatic heterocycles. The number of aliphatic hydroxyl groups excluding tert-OH is 5. The van der Waals surface area contributed by atoms with E-state index in [9.17, 15) is 25.5 Å². The van der Waals surface area contributed by atoms with Crippen molar-refractivity contribution in [3.63, 3.8) is 0 Å². The summed E-state index contributed by atoms with van der Waals surface area (Å²) < 4.78 is 16.1. The quantitative estimate of drug-likeness (QED) is 0.349. The lowest BCUT2D eigenvalue weighted by Crippen LogP contribution is -2.61. The van der Waals surface area contributed by atoms with Gasteiger partial charge in [-0.2, -0.15) is 0 Å². The van der Waals surface area contributed by atoms with Crippen LogP contribution in [0.25, 0.3) is 0 Å². The Bertz CT molecular complexity index is 403. The molecule has 8 nitrogen and oxygen atoms in total. The molecule has 2 unspecified atom stereocenters. The van der Waals surface area contributed by atoms with Crippen molar-refractivity contribution in [1.29, 1.82) is 0 Å². The first kappa shape index (κ1) is 19.9. The maximum Gasteiger partial charge on any atom is 0.214 e. The first-order chi connectivity index (χ1) is 10.8. The van der Waals surface area contributed by atoms with E-state index in [1.54, 1.807) is 0 Å². The van der Waals surface area contributed by atoms with E-state index >= 15 is 0 Å². The van der Waals surface area contributed by atoms with Crippen LogP contribution in [0, 0.1) is 0 Å². The predicted molar refractivity (Wildman–Crippen MR) is 79.5 cm³/mol. The van der Waals surface area contributed by atoms with Crippen LogP contribution < -0.4 is 0 Å². The molecule has 2 heterocycles. The number of alkyl halides is 3. The number of aliphatic hydroxyl groups is 5. The third kappa shape index (κ3) is 3.58. The van der Waals surface area contributed by atoms with Crippen LogP contribution in [0.1, 0.15) is 0 Å². The summed E-state index contributed by atoms with van der Waals surface area (Å²) in [6.07, 6.45) is -9.39. The molecule has 2 fully saturated rings. The van der Waals surface area contributed by atoms with Gasteiger partial charge in [0, 0.05) is 0 Å². The minimum Gasteiger partial charge on any atom is -0.394 e. The molecule has 0 aliphatic carbocycles. The first-order valence-corrected chi connectivity index (χ1v) is 8.42. The van der Waals surface area contributed by atoms with Gasteiger partial charge in [0.1, 0.15) is 36.6 Å². The molecular weight excluding hydrogens is 378 g/mol. The van der Waals surface area contributed by atoms with Crippen LogP contribution >= 0.6 is 34.8 Å². The highest BCUT2D eigenvalue weighted by Gasteiger charge is 2.58. The third-order valence-electron chi connectivity index (χ3n) is 3.96. The van der Waals surface area contributed by atoms with Crippen molar-refractivity contribution in [3.05, 3.63) is 0 Å². The Morgan fingerprint density at radius 1 is 1.00 bits per heavy atom. The molecule has 0 amide bonds. The van der Waals surface area contributed by atoms with Crippen molar-refractivity contribution >= 4 is 34.8 Å². The van der Waals surface area contributed by atoms with Crippen molar-refractivity contribution in [2.24, 2.45) is 0 Å². The Morgan fingerprint density at radius 3 is 2.13 bits per heavy atom. The zero-order chi connectivity index (χ0) is 17.4. The van der Waals surface area contributed by atoms with Gasteiger partial charge in [0.05, 0.1) is 23.7 Å². The standard InChI is InChI=1S/C12H19Cl3O8/c13-1-4-7(17)10(20)12(3-14,22-4)23-11-9(19)8(18)6(15)5(2-16)21-11/h4-11,16-20H,1-3H2/t4-,5-,6+,7-,8+,9-,10+,11?,12?/m1/s1. The predicted octanol–water partition coefficient (Wildman–Crippen LogP) is -1.66. The largest absolute Gasteiger partial charge is 0.394 e. The summed E-state index contributed by atoms with van der Waals surface area (Å²) in [6, 6.07) is 0. The van der Waals surface area contributed by atoms with Crippen molar-refractivity contribution in [3.8, 4) is 0 Å². The van der Waals surface area contributed by atoms with E-state index in [2.05, 4.69) is 0 Å². The Balaban J connectivity index is 2.18. The van der Waals surface area contributed by atoms with E-state index in [1.165, 1.54) is 0 Å². The maximum absolute atomic E-state index is 10.1. The Kier molecular flexibility index (Phi) is 6.77. The zero-order valence-corrected chi connectivity index (χ0v) is 14.1. The molecule has 11 heteroatoms. The molecule has 0 radical (unpaired) electrons. The highest BCUT2D eigenvalue weighted by atomic mass is 35.5. The number of hydrogen-bond acceptors (Lipinski definition) is 8. The van der Waals surface area contributed by atoms with E-state index < -0.39 is 66.6 Å². The lowest BCUT2D eigenvalue weighted by molar-refractivity contribution is -0.357. The van der Waals surface area contributed by atoms with Crippen molar-refractivity contribution < 1.29 is 39.7 Å². The molecule has 9 atom stereocenters. The van der Waals surface area contributed by atoms with Gasteiger partial charge < -0.3 is 39.7 Å². The molecule has 0 aromatic carbocycles. The van der Waals surface area contributed by atoms with Gasteiger partial charge >= 0.3 is 0 Å². The van der Waals surface area contributed by atoms with Gasteiger partial charge in [0.15, 0.2) is 6.29 Å². The summed E-state index contributed by atoms with van der Waals surface area (Å²) in [7, 11) is 0. The molecule has 0 saturated carbocycles. The van der Waals surface area contributed by atoms with E-state index in [0.29, 0.717) is 0 Å². The Morgan fingerprint density at radius 2 is 1.65 bits per heavy atom. The summed E-state index contributed by atoms with van der Waals surface area (Å²) in [4.78, 5) is 0. The minimum atomic E-state index is -1.90. The third-order valence-corrected chi connectivity index (χ3v) is 5.17. The molecule has 2 aliphatic rings. The average molecular weight is 398 g/mol. The summed E-state index contributed by atoms with van der Waals surface area (Å²) in [5, 5.41) is 48.1. The van der Waals surface area contributed by atoms with Gasteiger partial charge in [-0.05, 0) is 0 Å². The second-order valence-corrected chi connectivity index (χ2v) is 6.54. The first-order valence-electron chi connectivity index (χ1n) is 6.91. The van der Waals surface area contributed by atoms with Crippen LogP contribution in [0.2, 0.25) is 0 Å². The normalized spacial score (nSPS) is 51.1. The highest BCUT2D eigenvalue weighted by molar-refractivity contribution is 6.21. The molecule has 0 aromatic rings. The number of halogens is 3. The lowest BCUT2D eigenvalue weighted by Gasteiger charge is -2.43. The summed E-state index contributed by atoms with van der Waals surface area (Å²) in [6.45, 7) is -0.526. The number of hydrogen-bond donors (Lipinski definition) is 5. The zero-order valence-electron chi connectivity index (χ0n) is 11.8. The monoisotopic (exact) mass is 396 g/mol. The fourth-order valence-corrected chi connectivity index (χ4v) is 3.37. The fourth-order valence-electron chi connectivity index (χ4n) is 2.56. The van der Waals surface area contributed by atoms with E-state index in [4.69, 9.17) is 49.0 Å². The van der Waals surface area contributed by atoms with Gasteiger partial charge in [0.25, 0.3) is 0 Å². The van der Waals surface area contributed by atoms with E-state index in [-0.39, 0.29) is 5.88 Å². The molecule has 5 N–H and O–H groups in total. The van der Waals surface area contributed by atoms with E-state index in [1.807, 2.05) is 0 Å². The summed E-state index contributed by atoms with van der Waals surface area (Å²) in [5.74, 6) is -2.43. The van der Waals surface area contributed by atoms with Crippen LogP contribution in [-0.4, -0.2) is 98.0 Å². The smallest absolute Gasteiger partial charge is 0.214 e.